The number of hydrogen-bond donors (Lipinski definition) is 1. The van der Waals surface area contributed by atoms with Gasteiger partial charge in [0.15, 0.2) is 0 Å². The number of carbonyl (C=O) groups is 2. The lowest BCUT2D eigenvalue weighted by atomic mass is 10.2. The largest absolute Gasteiger partial charge is 0.456 e. The van der Waals surface area contributed by atoms with Crippen molar-refractivity contribution in [2.75, 3.05) is 5.32 Å². The fourth-order valence-electron chi connectivity index (χ4n) is 1.59. The van der Waals surface area contributed by atoms with Crippen molar-refractivity contribution in [1.82, 2.24) is 4.98 Å². The zero-order valence-electron chi connectivity index (χ0n) is 11.2. The van der Waals surface area contributed by atoms with Crippen LogP contribution in [0.5, 0.6) is 0 Å². The van der Waals surface area contributed by atoms with Crippen LogP contribution in [0.4, 0.5) is 5.69 Å². The molecule has 104 valence electrons. The van der Waals surface area contributed by atoms with E-state index in [4.69, 9.17) is 4.74 Å². The first kappa shape index (κ1) is 14.2. The molecular weight excluding hydrogens is 276 g/mol. The van der Waals surface area contributed by atoms with E-state index in [2.05, 4.69) is 10.3 Å². The van der Waals surface area contributed by atoms with Crippen LogP contribution in [0.25, 0.3) is 0 Å². The molecule has 1 heterocycles. The van der Waals surface area contributed by atoms with Crippen molar-refractivity contribution >= 4 is 28.9 Å². The van der Waals surface area contributed by atoms with Gasteiger partial charge in [0.1, 0.15) is 6.61 Å². The third kappa shape index (κ3) is 3.89. The smallest absolute Gasteiger partial charge is 0.338 e. The molecule has 2 rings (SSSR count). The highest BCUT2D eigenvalue weighted by molar-refractivity contribution is 7.09. The Kier molecular flexibility index (Phi) is 4.47. The number of nitrogens with one attached hydrogen (secondary N) is 1. The maximum absolute atomic E-state index is 11.8. The fraction of sp³-hybridized carbons (Fsp3) is 0.214. The Bertz CT molecular complexity index is 620. The number of benzene rings is 1. The van der Waals surface area contributed by atoms with Gasteiger partial charge in [-0.1, -0.05) is 0 Å². The predicted molar refractivity (Wildman–Crippen MR) is 76.7 cm³/mol. The van der Waals surface area contributed by atoms with Crippen LogP contribution in [0.1, 0.15) is 28.0 Å². The number of aryl methyl sites for hydroxylation is 1. The molecule has 0 spiro atoms. The third-order valence-electron chi connectivity index (χ3n) is 2.46. The summed E-state index contributed by atoms with van der Waals surface area (Å²) in [6.45, 7) is 3.49. The first-order valence-corrected chi connectivity index (χ1v) is 6.88. The summed E-state index contributed by atoms with van der Waals surface area (Å²) >= 11 is 1.52. The molecule has 1 aromatic heterocycles. The van der Waals surface area contributed by atoms with Crippen LogP contribution < -0.4 is 5.32 Å². The average molecular weight is 290 g/mol. The van der Waals surface area contributed by atoms with Gasteiger partial charge in [0.05, 0.1) is 16.3 Å². The number of hydrogen-bond acceptors (Lipinski definition) is 5. The van der Waals surface area contributed by atoms with Gasteiger partial charge in [-0.3, -0.25) is 4.79 Å². The fourth-order valence-corrected chi connectivity index (χ4v) is 2.19. The van der Waals surface area contributed by atoms with Gasteiger partial charge >= 0.3 is 5.97 Å². The Morgan fingerprint density at radius 3 is 2.55 bits per heavy atom. The van der Waals surface area contributed by atoms with Crippen molar-refractivity contribution in [3.63, 3.8) is 0 Å². The molecule has 0 saturated carbocycles. The molecule has 0 bridgehead atoms. The minimum atomic E-state index is -0.412. The van der Waals surface area contributed by atoms with Gasteiger partial charge in [-0.15, -0.1) is 11.3 Å². The number of nitrogens with zero attached hydrogens (tertiary/aromatic N) is 1. The number of esters is 1. The van der Waals surface area contributed by atoms with Crippen LogP contribution in [0.2, 0.25) is 0 Å². The zero-order chi connectivity index (χ0) is 14.5. The molecule has 1 amide bonds. The van der Waals surface area contributed by atoms with Crippen molar-refractivity contribution in [3.8, 4) is 0 Å². The van der Waals surface area contributed by atoms with Gasteiger partial charge in [0, 0.05) is 18.0 Å². The molecule has 20 heavy (non-hydrogen) atoms. The summed E-state index contributed by atoms with van der Waals surface area (Å²) in [4.78, 5) is 26.9. The molecule has 0 aliphatic carbocycles. The molecule has 0 radical (unpaired) electrons. The minimum absolute atomic E-state index is 0.153. The van der Waals surface area contributed by atoms with Crippen LogP contribution in [0.3, 0.4) is 0 Å². The van der Waals surface area contributed by atoms with E-state index in [9.17, 15) is 9.59 Å². The number of amides is 1. The highest BCUT2D eigenvalue weighted by Crippen LogP contribution is 2.13. The van der Waals surface area contributed by atoms with Crippen molar-refractivity contribution in [2.24, 2.45) is 0 Å². The number of thiazole rings is 1. The van der Waals surface area contributed by atoms with Gasteiger partial charge < -0.3 is 10.1 Å². The highest BCUT2D eigenvalue weighted by Gasteiger charge is 2.08. The Morgan fingerprint density at radius 2 is 2.00 bits per heavy atom. The first-order valence-electron chi connectivity index (χ1n) is 6.00. The third-order valence-corrected chi connectivity index (χ3v) is 3.28. The Morgan fingerprint density at radius 1 is 1.30 bits per heavy atom. The minimum Gasteiger partial charge on any atom is -0.456 e. The normalized spacial score (nSPS) is 10.1. The van der Waals surface area contributed by atoms with Crippen molar-refractivity contribution in [3.05, 3.63) is 45.9 Å². The Hall–Kier alpha value is -2.21. The second-order valence-electron chi connectivity index (χ2n) is 4.19. The summed E-state index contributed by atoms with van der Waals surface area (Å²) in [5, 5.41) is 5.44. The summed E-state index contributed by atoms with van der Waals surface area (Å²) < 4.78 is 5.17. The van der Waals surface area contributed by atoms with Gasteiger partial charge in [-0.25, -0.2) is 9.78 Å². The van der Waals surface area contributed by atoms with Crippen molar-refractivity contribution < 1.29 is 14.3 Å². The molecule has 0 unspecified atom stereocenters. The molecule has 6 heteroatoms. The lowest BCUT2D eigenvalue weighted by molar-refractivity contribution is -0.114. The van der Waals surface area contributed by atoms with Gasteiger partial charge in [0.25, 0.3) is 0 Å². The maximum Gasteiger partial charge on any atom is 0.338 e. The van der Waals surface area contributed by atoms with E-state index in [-0.39, 0.29) is 12.5 Å². The van der Waals surface area contributed by atoms with Gasteiger partial charge in [-0.2, -0.15) is 0 Å². The van der Waals surface area contributed by atoms with E-state index in [0.29, 0.717) is 11.3 Å². The van der Waals surface area contributed by atoms with E-state index >= 15 is 0 Å². The van der Waals surface area contributed by atoms with E-state index in [1.807, 2.05) is 12.3 Å². The maximum atomic E-state index is 11.8. The van der Waals surface area contributed by atoms with Crippen LogP contribution in [0.15, 0.2) is 29.6 Å². The standard InChI is InChI=1S/C14H14N2O3S/c1-9(17)15-12-5-3-11(4-6-12)14(18)19-7-13-8-20-10(2)16-13/h3-6,8H,7H2,1-2H3,(H,15,17). The second-order valence-corrected chi connectivity index (χ2v) is 5.25. The predicted octanol–water partition coefficient (Wildman–Crippen LogP) is 2.77. The van der Waals surface area contributed by atoms with E-state index < -0.39 is 5.97 Å². The lowest BCUT2D eigenvalue weighted by Crippen LogP contribution is -2.07. The Balaban J connectivity index is 1.93. The molecule has 2 aromatic rings. The second kappa shape index (κ2) is 6.29. The van der Waals surface area contributed by atoms with Gasteiger partial charge in [-0.05, 0) is 31.2 Å². The molecule has 1 N–H and O–H groups in total. The Labute approximate surface area is 120 Å². The van der Waals surface area contributed by atoms with Gasteiger partial charge in [0.2, 0.25) is 5.91 Å². The van der Waals surface area contributed by atoms with Crippen LogP contribution in [-0.4, -0.2) is 16.9 Å². The number of rotatable bonds is 4. The molecule has 1 aromatic carbocycles. The first-order chi connectivity index (χ1) is 9.54. The number of anilines is 1. The molecule has 5 nitrogen and oxygen atoms in total. The van der Waals surface area contributed by atoms with Crippen molar-refractivity contribution in [1.29, 1.82) is 0 Å². The van der Waals surface area contributed by atoms with Crippen LogP contribution >= 0.6 is 11.3 Å². The molecule has 0 atom stereocenters. The van der Waals surface area contributed by atoms with Crippen LogP contribution in [0, 0.1) is 6.92 Å². The number of ether oxygens (including phenoxy) is 1. The summed E-state index contributed by atoms with van der Waals surface area (Å²) in [6, 6.07) is 6.54. The molecule has 0 aliphatic rings. The zero-order valence-corrected chi connectivity index (χ0v) is 12.0. The quantitative estimate of drug-likeness (QED) is 0.879. The van der Waals surface area contributed by atoms with E-state index in [1.54, 1.807) is 24.3 Å². The topological polar surface area (TPSA) is 68.3 Å². The SMILES string of the molecule is CC(=O)Nc1ccc(C(=O)OCc2csc(C)n2)cc1. The van der Waals surface area contributed by atoms with Crippen LogP contribution in [-0.2, 0) is 16.1 Å². The summed E-state index contributed by atoms with van der Waals surface area (Å²) in [5.41, 5.74) is 1.82. The summed E-state index contributed by atoms with van der Waals surface area (Å²) in [5.74, 6) is -0.566. The molecule has 0 saturated heterocycles. The van der Waals surface area contributed by atoms with Crippen molar-refractivity contribution in [2.45, 2.75) is 20.5 Å². The molecular formula is C14H14N2O3S. The average Bonchev–Trinajstić information content (AvgIpc) is 2.82. The van der Waals surface area contributed by atoms with E-state index in [1.165, 1.54) is 18.3 Å². The number of aromatic nitrogens is 1. The molecule has 0 fully saturated rings. The summed E-state index contributed by atoms with van der Waals surface area (Å²) in [7, 11) is 0. The lowest BCUT2D eigenvalue weighted by Gasteiger charge is -2.05. The van der Waals surface area contributed by atoms with E-state index in [0.717, 1.165) is 10.7 Å². The monoisotopic (exact) mass is 290 g/mol. The number of carbonyl (C=O) groups excluding carboxylic acids is 2. The summed E-state index contributed by atoms with van der Waals surface area (Å²) in [6.07, 6.45) is 0. The molecule has 0 aliphatic heterocycles. The highest BCUT2D eigenvalue weighted by atomic mass is 32.1.